The number of rotatable bonds is 3. The van der Waals surface area contributed by atoms with E-state index in [1.165, 1.54) is 0 Å². The molecule has 0 aromatic carbocycles. The lowest BCUT2D eigenvalue weighted by Crippen LogP contribution is -2.58. The molecule has 2 N–H and O–H groups in total. The summed E-state index contributed by atoms with van der Waals surface area (Å²) < 4.78 is 10.6. The third-order valence-corrected chi connectivity index (χ3v) is 3.70. The second kappa shape index (κ2) is 5.33. The van der Waals surface area contributed by atoms with Crippen LogP contribution in [-0.4, -0.2) is 55.9 Å². The monoisotopic (exact) mass is 242 g/mol. The summed E-state index contributed by atoms with van der Waals surface area (Å²) in [7, 11) is 1.64. The fourth-order valence-corrected chi connectivity index (χ4v) is 2.73. The summed E-state index contributed by atoms with van der Waals surface area (Å²) in [6.45, 7) is 2.36. The van der Waals surface area contributed by atoms with Gasteiger partial charge in [-0.3, -0.25) is 4.79 Å². The van der Waals surface area contributed by atoms with Crippen LogP contribution in [0.1, 0.15) is 25.7 Å². The Hall–Kier alpha value is -0.650. The van der Waals surface area contributed by atoms with Crippen molar-refractivity contribution in [1.29, 1.82) is 0 Å². The van der Waals surface area contributed by atoms with Crippen molar-refractivity contribution < 1.29 is 14.3 Å². The summed E-state index contributed by atoms with van der Waals surface area (Å²) >= 11 is 0. The van der Waals surface area contributed by atoms with Crippen LogP contribution in [0.5, 0.6) is 0 Å². The molecule has 1 aliphatic heterocycles. The van der Waals surface area contributed by atoms with Gasteiger partial charge in [-0.1, -0.05) is 12.8 Å². The van der Waals surface area contributed by atoms with E-state index >= 15 is 0 Å². The van der Waals surface area contributed by atoms with Gasteiger partial charge in [-0.15, -0.1) is 0 Å². The maximum Gasteiger partial charge on any atom is 0.242 e. The number of amides is 1. The first-order valence-electron chi connectivity index (χ1n) is 6.34. The molecule has 17 heavy (non-hydrogen) atoms. The molecule has 0 radical (unpaired) electrons. The number of morpholine rings is 1. The molecule has 1 aliphatic carbocycles. The second-order valence-corrected chi connectivity index (χ2v) is 5.06. The van der Waals surface area contributed by atoms with Crippen LogP contribution in [0.3, 0.4) is 0 Å². The van der Waals surface area contributed by atoms with Crippen molar-refractivity contribution in [3.63, 3.8) is 0 Å². The summed E-state index contributed by atoms with van der Waals surface area (Å²) in [5, 5.41) is 0. The minimum atomic E-state index is -0.616. The third-order valence-electron chi connectivity index (χ3n) is 3.70. The second-order valence-electron chi connectivity index (χ2n) is 5.06. The van der Waals surface area contributed by atoms with Crippen LogP contribution in [0.2, 0.25) is 0 Å². The summed E-state index contributed by atoms with van der Waals surface area (Å²) in [6, 6.07) is 0. The molecule has 0 bridgehead atoms. The van der Waals surface area contributed by atoms with Crippen molar-refractivity contribution >= 4 is 5.91 Å². The Morgan fingerprint density at radius 2 is 2.24 bits per heavy atom. The van der Waals surface area contributed by atoms with E-state index in [9.17, 15) is 4.79 Å². The van der Waals surface area contributed by atoms with E-state index in [1.807, 2.05) is 4.90 Å². The topological polar surface area (TPSA) is 64.8 Å². The highest BCUT2D eigenvalue weighted by Crippen LogP contribution is 2.29. The van der Waals surface area contributed by atoms with Gasteiger partial charge in [0.1, 0.15) is 0 Å². The lowest BCUT2D eigenvalue weighted by molar-refractivity contribution is -0.146. The predicted octanol–water partition coefficient (Wildman–Crippen LogP) is 0.132. The minimum absolute atomic E-state index is 0.0114. The maximum absolute atomic E-state index is 12.4. The molecule has 1 amide bonds. The molecule has 1 atom stereocenters. The van der Waals surface area contributed by atoms with Crippen molar-refractivity contribution in [2.75, 3.05) is 33.4 Å². The number of ether oxygens (including phenoxy) is 2. The summed E-state index contributed by atoms with van der Waals surface area (Å²) in [4.78, 5) is 14.2. The number of hydrogen-bond donors (Lipinski definition) is 1. The van der Waals surface area contributed by atoms with E-state index in [2.05, 4.69) is 0 Å². The van der Waals surface area contributed by atoms with Crippen molar-refractivity contribution in [3.8, 4) is 0 Å². The van der Waals surface area contributed by atoms with Gasteiger partial charge in [-0.25, -0.2) is 0 Å². The Morgan fingerprint density at radius 1 is 1.53 bits per heavy atom. The highest BCUT2D eigenvalue weighted by atomic mass is 16.5. The SMILES string of the molecule is COC[C@@H]1CN(C(=O)C2(N)CCCC2)CCO1. The quantitative estimate of drug-likeness (QED) is 0.764. The number of hydrogen-bond acceptors (Lipinski definition) is 4. The molecule has 0 spiro atoms. The molecule has 2 fully saturated rings. The van der Waals surface area contributed by atoms with E-state index < -0.39 is 5.54 Å². The lowest BCUT2D eigenvalue weighted by atomic mass is 9.96. The molecule has 2 aliphatic rings. The van der Waals surface area contributed by atoms with Crippen molar-refractivity contribution in [1.82, 2.24) is 4.90 Å². The van der Waals surface area contributed by atoms with E-state index in [1.54, 1.807) is 7.11 Å². The molecular formula is C12H22N2O3. The predicted molar refractivity (Wildman–Crippen MR) is 63.6 cm³/mol. The van der Waals surface area contributed by atoms with Gasteiger partial charge in [0.15, 0.2) is 0 Å². The third kappa shape index (κ3) is 2.78. The van der Waals surface area contributed by atoms with Crippen LogP contribution in [0.4, 0.5) is 0 Å². The fraction of sp³-hybridized carbons (Fsp3) is 0.917. The van der Waals surface area contributed by atoms with Gasteiger partial charge >= 0.3 is 0 Å². The molecule has 98 valence electrons. The summed E-state index contributed by atoms with van der Waals surface area (Å²) in [5.41, 5.74) is 5.57. The number of carbonyl (C=O) groups excluding carboxylic acids is 1. The first kappa shape index (κ1) is 12.8. The van der Waals surface area contributed by atoms with Gasteiger partial charge in [0.05, 0.1) is 24.9 Å². The average Bonchev–Trinajstić information content (AvgIpc) is 2.77. The Balaban J connectivity index is 1.94. The van der Waals surface area contributed by atoms with Crippen LogP contribution in [-0.2, 0) is 14.3 Å². The smallest absolute Gasteiger partial charge is 0.242 e. The van der Waals surface area contributed by atoms with Crippen molar-refractivity contribution in [2.24, 2.45) is 5.73 Å². The molecule has 1 heterocycles. The Bertz CT molecular complexity index is 275. The van der Waals surface area contributed by atoms with Crippen molar-refractivity contribution in [3.05, 3.63) is 0 Å². The summed E-state index contributed by atoms with van der Waals surface area (Å²) in [5.74, 6) is 0.0967. The van der Waals surface area contributed by atoms with Gasteiger partial charge in [-0.05, 0) is 12.8 Å². The Kier molecular flexibility index (Phi) is 4.01. The number of methoxy groups -OCH3 is 1. The van der Waals surface area contributed by atoms with Crippen LogP contribution < -0.4 is 5.73 Å². The number of nitrogens with two attached hydrogens (primary N) is 1. The molecule has 1 saturated carbocycles. The van der Waals surface area contributed by atoms with Gasteiger partial charge in [-0.2, -0.15) is 0 Å². The average molecular weight is 242 g/mol. The first-order chi connectivity index (χ1) is 8.15. The molecular weight excluding hydrogens is 220 g/mol. The Morgan fingerprint density at radius 3 is 2.88 bits per heavy atom. The highest BCUT2D eigenvalue weighted by molar-refractivity contribution is 5.86. The van der Waals surface area contributed by atoms with Gasteiger partial charge < -0.3 is 20.1 Å². The molecule has 0 aromatic heterocycles. The molecule has 0 aromatic rings. The molecule has 2 rings (SSSR count). The molecule has 0 unspecified atom stereocenters. The van der Waals surface area contributed by atoms with Crippen LogP contribution in [0.25, 0.3) is 0 Å². The lowest BCUT2D eigenvalue weighted by Gasteiger charge is -2.37. The normalized spacial score (nSPS) is 28.4. The standard InChI is InChI=1S/C12H22N2O3/c1-16-9-10-8-14(6-7-17-10)11(15)12(13)4-2-3-5-12/h10H,2-9,13H2,1H3/t10-/m0/s1. The van der Waals surface area contributed by atoms with Gasteiger partial charge in [0.25, 0.3) is 0 Å². The Labute approximate surface area is 102 Å². The molecule has 1 saturated heterocycles. The van der Waals surface area contributed by atoms with E-state index in [0.29, 0.717) is 26.3 Å². The molecule has 5 nitrogen and oxygen atoms in total. The minimum Gasteiger partial charge on any atom is -0.382 e. The number of carbonyl (C=O) groups is 1. The zero-order valence-corrected chi connectivity index (χ0v) is 10.5. The van der Waals surface area contributed by atoms with Crippen molar-refractivity contribution in [2.45, 2.75) is 37.3 Å². The largest absolute Gasteiger partial charge is 0.382 e. The zero-order valence-electron chi connectivity index (χ0n) is 10.5. The van der Waals surface area contributed by atoms with Crippen LogP contribution in [0.15, 0.2) is 0 Å². The highest BCUT2D eigenvalue weighted by Gasteiger charge is 2.41. The molecule has 5 heteroatoms. The first-order valence-corrected chi connectivity index (χ1v) is 6.34. The number of nitrogens with zero attached hydrogens (tertiary/aromatic N) is 1. The van der Waals surface area contributed by atoms with E-state index in [0.717, 1.165) is 25.7 Å². The van der Waals surface area contributed by atoms with Gasteiger partial charge in [0, 0.05) is 20.2 Å². The van der Waals surface area contributed by atoms with Crippen LogP contribution >= 0.6 is 0 Å². The van der Waals surface area contributed by atoms with Crippen LogP contribution in [0, 0.1) is 0 Å². The fourth-order valence-electron chi connectivity index (χ4n) is 2.73. The van der Waals surface area contributed by atoms with Gasteiger partial charge in [0.2, 0.25) is 5.91 Å². The zero-order chi connectivity index (χ0) is 12.3. The maximum atomic E-state index is 12.4. The van der Waals surface area contributed by atoms with E-state index in [-0.39, 0.29) is 12.0 Å². The summed E-state index contributed by atoms with van der Waals surface area (Å²) in [6.07, 6.45) is 3.75. The van der Waals surface area contributed by atoms with E-state index in [4.69, 9.17) is 15.2 Å².